The van der Waals surface area contributed by atoms with Crippen molar-refractivity contribution in [2.75, 3.05) is 6.61 Å². The van der Waals surface area contributed by atoms with Crippen LogP contribution in [0.1, 0.15) is 48.6 Å². The molecule has 0 saturated carbocycles. The van der Waals surface area contributed by atoms with Crippen molar-refractivity contribution in [3.63, 3.8) is 0 Å². The number of thiazole rings is 1. The van der Waals surface area contributed by atoms with Crippen molar-refractivity contribution in [2.45, 2.75) is 32.7 Å². The lowest BCUT2D eigenvalue weighted by atomic mass is 9.83. The number of aryl methyl sites for hydroxylation is 1. The van der Waals surface area contributed by atoms with E-state index in [2.05, 4.69) is 34.1 Å². The Hall–Kier alpha value is -3.46. The zero-order valence-electron chi connectivity index (χ0n) is 21.7. The van der Waals surface area contributed by atoms with E-state index in [1.54, 1.807) is 16.7 Å². The smallest absolute Gasteiger partial charge is 0.308 e. The lowest BCUT2D eigenvalue weighted by molar-refractivity contribution is -0.132. The molecule has 0 saturated heterocycles. The van der Waals surface area contributed by atoms with E-state index in [4.69, 9.17) is 26.1 Å². The minimum atomic E-state index is -0.449. The Morgan fingerprint density at radius 1 is 1.18 bits per heavy atom. The van der Waals surface area contributed by atoms with Crippen LogP contribution >= 0.6 is 38.9 Å². The van der Waals surface area contributed by atoms with Gasteiger partial charge in [-0.15, -0.1) is 0 Å². The molecule has 0 N–H and O–H groups in total. The molecular formula is C31H24BrClN2O4S. The van der Waals surface area contributed by atoms with E-state index in [-0.39, 0.29) is 11.6 Å². The van der Waals surface area contributed by atoms with Crippen LogP contribution < -0.4 is 24.4 Å². The molecule has 2 aliphatic rings. The molecule has 202 valence electrons. The number of benzene rings is 3. The molecule has 0 fully saturated rings. The van der Waals surface area contributed by atoms with E-state index in [0.29, 0.717) is 36.9 Å². The van der Waals surface area contributed by atoms with Crippen molar-refractivity contribution in [3.05, 3.63) is 118 Å². The number of esters is 1. The number of ether oxygens (including phenoxy) is 2. The molecule has 0 radical (unpaired) electrons. The van der Waals surface area contributed by atoms with Crippen LogP contribution in [-0.4, -0.2) is 17.1 Å². The van der Waals surface area contributed by atoms with Crippen molar-refractivity contribution in [2.24, 2.45) is 4.99 Å². The van der Waals surface area contributed by atoms with Crippen molar-refractivity contribution in [1.29, 1.82) is 0 Å². The summed E-state index contributed by atoms with van der Waals surface area (Å²) in [4.78, 5) is 31.4. The first kappa shape index (κ1) is 26.7. The van der Waals surface area contributed by atoms with Crippen molar-refractivity contribution < 1.29 is 14.3 Å². The summed E-state index contributed by atoms with van der Waals surface area (Å²) in [5.41, 5.74) is 6.06. The second-order valence-electron chi connectivity index (χ2n) is 9.52. The van der Waals surface area contributed by atoms with Gasteiger partial charge in [0.2, 0.25) is 0 Å². The highest BCUT2D eigenvalue weighted by Gasteiger charge is 2.32. The first-order chi connectivity index (χ1) is 19.3. The van der Waals surface area contributed by atoms with Gasteiger partial charge in [0.15, 0.2) is 16.3 Å². The van der Waals surface area contributed by atoms with Gasteiger partial charge in [-0.3, -0.25) is 14.2 Å². The van der Waals surface area contributed by atoms with Crippen LogP contribution in [0.2, 0.25) is 5.02 Å². The Balaban J connectivity index is 1.55. The highest BCUT2D eigenvalue weighted by Crippen LogP contribution is 2.41. The molecule has 1 aliphatic carbocycles. The Morgan fingerprint density at radius 3 is 2.70 bits per heavy atom. The van der Waals surface area contributed by atoms with E-state index in [0.717, 1.165) is 40.8 Å². The number of carbonyl (C=O) groups is 1. The summed E-state index contributed by atoms with van der Waals surface area (Å²) in [5.74, 6) is 0.273. The van der Waals surface area contributed by atoms with Gasteiger partial charge in [0.05, 0.1) is 27.4 Å². The largest absolute Gasteiger partial charge is 0.490 e. The van der Waals surface area contributed by atoms with Crippen molar-refractivity contribution >= 4 is 56.6 Å². The number of aromatic nitrogens is 1. The van der Waals surface area contributed by atoms with Crippen LogP contribution in [0.15, 0.2) is 80.5 Å². The average molecular weight is 636 g/mol. The molecule has 1 aliphatic heterocycles. The molecule has 40 heavy (non-hydrogen) atoms. The summed E-state index contributed by atoms with van der Waals surface area (Å²) in [6, 6.07) is 19.3. The number of hydrogen-bond acceptors (Lipinski definition) is 6. The molecule has 6 nitrogen and oxygen atoms in total. The van der Waals surface area contributed by atoms with Gasteiger partial charge in [-0.1, -0.05) is 59.3 Å². The lowest BCUT2D eigenvalue weighted by Gasteiger charge is -2.30. The monoisotopic (exact) mass is 634 g/mol. The molecule has 2 heterocycles. The number of halogens is 2. The van der Waals surface area contributed by atoms with E-state index in [9.17, 15) is 9.59 Å². The fraction of sp³-hybridized carbons (Fsp3) is 0.194. The highest BCUT2D eigenvalue weighted by atomic mass is 79.9. The predicted molar refractivity (Wildman–Crippen MR) is 161 cm³/mol. The predicted octanol–water partition coefficient (Wildman–Crippen LogP) is 6.06. The van der Waals surface area contributed by atoms with Crippen LogP contribution in [0.4, 0.5) is 0 Å². The maximum atomic E-state index is 14.0. The molecule has 0 amide bonds. The fourth-order valence-electron chi connectivity index (χ4n) is 5.30. The number of carbonyl (C=O) groups excluding carboxylic acids is 1. The third-order valence-corrected chi connectivity index (χ3v) is 8.76. The van der Waals surface area contributed by atoms with Crippen LogP contribution in [0.25, 0.3) is 11.8 Å². The Labute approximate surface area is 248 Å². The van der Waals surface area contributed by atoms with Crippen LogP contribution in [0.5, 0.6) is 11.5 Å². The van der Waals surface area contributed by atoms with Gasteiger partial charge in [-0.05, 0) is 88.3 Å². The minimum absolute atomic E-state index is 0.118. The van der Waals surface area contributed by atoms with Crippen molar-refractivity contribution in [1.82, 2.24) is 4.57 Å². The number of hydrogen-bond donors (Lipinski definition) is 0. The summed E-state index contributed by atoms with van der Waals surface area (Å²) in [7, 11) is 0. The third-order valence-electron chi connectivity index (χ3n) is 6.93. The van der Waals surface area contributed by atoms with Gasteiger partial charge in [-0.2, -0.15) is 0 Å². The van der Waals surface area contributed by atoms with Crippen LogP contribution in [0, 0.1) is 0 Å². The second-order valence-corrected chi connectivity index (χ2v) is 11.8. The van der Waals surface area contributed by atoms with Gasteiger partial charge >= 0.3 is 5.97 Å². The van der Waals surface area contributed by atoms with Gasteiger partial charge < -0.3 is 9.47 Å². The molecular weight excluding hydrogens is 612 g/mol. The molecule has 0 bridgehead atoms. The van der Waals surface area contributed by atoms with E-state index in [1.165, 1.54) is 23.8 Å². The first-order valence-corrected chi connectivity index (χ1v) is 14.9. The highest BCUT2D eigenvalue weighted by molar-refractivity contribution is 9.10. The van der Waals surface area contributed by atoms with Gasteiger partial charge in [-0.25, -0.2) is 4.99 Å². The Bertz CT molecular complexity index is 1870. The first-order valence-electron chi connectivity index (χ1n) is 12.9. The molecule has 0 unspecified atom stereocenters. The number of rotatable bonds is 5. The minimum Gasteiger partial charge on any atom is -0.490 e. The Kier molecular flexibility index (Phi) is 7.25. The maximum Gasteiger partial charge on any atom is 0.308 e. The standard InChI is InChI=1S/C31H24BrClN2O4S/c1-3-38-25-15-18(14-24(32)29(25)39-17(2)36)16-26-30(37)35-28(20-8-11-21(33)12-9-20)23-13-10-19-6-4-5-7-22(19)27(23)34-31(35)40-26/h4-9,11-12,14-16,28H,3,10,13H2,1-2H3/b26-16+/t28-/m1/s1. The molecule has 1 aromatic heterocycles. The van der Waals surface area contributed by atoms with Crippen LogP contribution in [-0.2, 0) is 11.2 Å². The quantitative estimate of drug-likeness (QED) is 0.198. The van der Waals surface area contributed by atoms with Crippen LogP contribution in [0.3, 0.4) is 0 Å². The number of allylic oxidation sites excluding steroid dienone is 1. The molecule has 0 spiro atoms. The average Bonchev–Trinajstić information content (AvgIpc) is 3.24. The lowest BCUT2D eigenvalue weighted by Crippen LogP contribution is -2.38. The van der Waals surface area contributed by atoms with Gasteiger partial charge in [0.25, 0.3) is 5.56 Å². The fourth-order valence-corrected chi connectivity index (χ4v) is 6.96. The number of nitrogens with zero attached hydrogens (tertiary/aromatic N) is 2. The molecule has 6 rings (SSSR count). The summed E-state index contributed by atoms with van der Waals surface area (Å²) in [6.07, 6.45) is 3.53. The zero-order chi connectivity index (χ0) is 28.0. The SMILES string of the molecule is CCOc1cc(/C=c2/sc3n(c2=O)[C@H](c2ccc(Cl)cc2)C2=C(N=3)c3ccccc3CC2)cc(Br)c1OC(C)=O. The molecule has 3 aromatic carbocycles. The summed E-state index contributed by atoms with van der Waals surface area (Å²) < 4.78 is 14.0. The molecule has 1 atom stereocenters. The normalized spacial score (nSPS) is 16.1. The Morgan fingerprint density at radius 2 is 1.95 bits per heavy atom. The summed E-state index contributed by atoms with van der Waals surface area (Å²) in [6.45, 7) is 3.58. The number of fused-ring (bicyclic) bond motifs is 3. The summed E-state index contributed by atoms with van der Waals surface area (Å²) >= 11 is 11.1. The van der Waals surface area contributed by atoms with Crippen molar-refractivity contribution in [3.8, 4) is 11.5 Å². The van der Waals surface area contributed by atoms with Gasteiger partial charge in [0.1, 0.15) is 0 Å². The van der Waals surface area contributed by atoms with E-state index in [1.807, 2.05) is 43.3 Å². The second kappa shape index (κ2) is 10.8. The molecule has 4 aromatic rings. The maximum absolute atomic E-state index is 14.0. The van der Waals surface area contributed by atoms with Gasteiger partial charge in [0, 0.05) is 17.5 Å². The zero-order valence-corrected chi connectivity index (χ0v) is 24.9. The third kappa shape index (κ3) is 4.85. The molecule has 9 heteroatoms. The summed E-state index contributed by atoms with van der Waals surface area (Å²) in [5, 5.41) is 0.646. The topological polar surface area (TPSA) is 69.9 Å². The van der Waals surface area contributed by atoms with E-state index < -0.39 is 5.97 Å². The van der Waals surface area contributed by atoms with E-state index >= 15 is 0 Å².